The zero-order chi connectivity index (χ0) is 20.0. The number of carbonyl (C=O) groups is 1. The van der Waals surface area contributed by atoms with Gasteiger partial charge in [-0.15, -0.1) is 11.8 Å². The molecule has 3 rings (SSSR count). The topological polar surface area (TPSA) is 44.8 Å². The van der Waals surface area contributed by atoms with E-state index in [9.17, 15) is 4.79 Å². The molecular weight excluding hydrogens is 372 g/mol. The number of benzene rings is 1. The van der Waals surface area contributed by atoms with Gasteiger partial charge in [0.05, 0.1) is 0 Å². The van der Waals surface area contributed by atoms with Crippen LogP contribution in [-0.4, -0.2) is 35.3 Å². The lowest BCUT2D eigenvalue weighted by molar-refractivity contribution is -0.162. The maximum atomic E-state index is 12.4. The van der Waals surface area contributed by atoms with Gasteiger partial charge in [0.15, 0.2) is 5.79 Å². The van der Waals surface area contributed by atoms with Gasteiger partial charge in [-0.25, -0.2) is 0 Å². The van der Waals surface area contributed by atoms with Crippen LogP contribution >= 0.6 is 11.8 Å². The van der Waals surface area contributed by atoms with E-state index >= 15 is 0 Å². The summed E-state index contributed by atoms with van der Waals surface area (Å²) in [5.74, 6) is -0.826. The summed E-state index contributed by atoms with van der Waals surface area (Å²) in [5, 5.41) is -0.196. The van der Waals surface area contributed by atoms with E-state index in [2.05, 4.69) is 19.1 Å². The highest BCUT2D eigenvalue weighted by Crippen LogP contribution is 2.39. The van der Waals surface area contributed by atoms with Crippen molar-refractivity contribution in [2.24, 2.45) is 0 Å². The molecule has 0 N–H and O–H groups in total. The molecule has 0 bridgehead atoms. The Kier molecular flexibility index (Phi) is 7.61. The fraction of sp³-hybridized carbons (Fsp3) is 0.609. The fourth-order valence-corrected chi connectivity index (χ4v) is 4.79. The van der Waals surface area contributed by atoms with Gasteiger partial charge in [-0.2, -0.15) is 0 Å². The number of ether oxygens (including phenoxy) is 3. The molecule has 4 atom stereocenters. The van der Waals surface area contributed by atoms with Crippen LogP contribution in [0.4, 0.5) is 0 Å². The Morgan fingerprint density at radius 1 is 1.14 bits per heavy atom. The maximum Gasteiger partial charge on any atom is 0.319 e. The van der Waals surface area contributed by atoms with E-state index in [-0.39, 0.29) is 29.5 Å². The Morgan fingerprint density at radius 3 is 2.68 bits per heavy atom. The first kappa shape index (κ1) is 21.4. The summed E-state index contributed by atoms with van der Waals surface area (Å²) in [4.78, 5) is 13.5. The Balaban J connectivity index is 1.58. The number of cyclic esters (lactones) is 1. The standard InChI is InChI=1S/C23H32O4S/c1-4-5-6-7-8-12-15-18-21(27-23(2,3)26-18)19-16-20(22(24)25-19)28-17-13-10-9-11-14-17/h9-15,18-21H,4-8,16H2,1-3H3/b15-12+/t18-,19+,20?,21-/m0/s1. The van der Waals surface area contributed by atoms with Crippen LogP contribution in [0, 0.1) is 0 Å². The van der Waals surface area contributed by atoms with Crippen molar-refractivity contribution < 1.29 is 19.0 Å². The van der Waals surface area contributed by atoms with Crippen molar-refractivity contribution in [1.29, 1.82) is 0 Å². The van der Waals surface area contributed by atoms with E-state index in [1.165, 1.54) is 25.7 Å². The van der Waals surface area contributed by atoms with E-state index in [1.807, 2.05) is 44.2 Å². The van der Waals surface area contributed by atoms with Crippen LogP contribution in [0.15, 0.2) is 47.4 Å². The molecule has 0 aliphatic carbocycles. The van der Waals surface area contributed by atoms with Crippen LogP contribution in [0.25, 0.3) is 0 Å². The molecule has 5 heteroatoms. The smallest absolute Gasteiger partial charge is 0.319 e. The summed E-state index contributed by atoms with van der Waals surface area (Å²) in [6.45, 7) is 6.06. The Bertz CT molecular complexity index is 658. The monoisotopic (exact) mass is 404 g/mol. The molecule has 2 fully saturated rings. The van der Waals surface area contributed by atoms with E-state index in [1.54, 1.807) is 11.8 Å². The third-order valence-electron chi connectivity index (χ3n) is 5.08. The van der Waals surface area contributed by atoms with Crippen LogP contribution in [0.3, 0.4) is 0 Å². The summed E-state index contributed by atoms with van der Waals surface area (Å²) in [6.07, 6.45) is 10.2. The largest absolute Gasteiger partial charge is 0.459 e. The Hall–Kier alpha value is -1.30. The second-order valence-electron chi connectivity index (χ2n) is 7.97. The molecule has 0 spiro atoms. The van der Waals surface area contributed by atoms with E-state index in [4.69, 9.17) is 14.2 Å². The summed E-state index contributed by atoms with van der Waals surface area (Å²) in [7, 11) is 0. The van der Waals surface area contributed by atoms with Crippen molar-refractivity contribution in [2.75, 3.05) is 0 Å². The van der Waals surface area contributed by atoms with E-state index in [0.29, 0.717) is 6.42 Å². The molecule has 0 saturated carbocycles. The summed E-state index contributed by atoms with van der Waals surface area (Å²) < 4.78 is 17.9. The van der Waals surface area contributed by atoms with Crippen LogP contribution in [0.5, 0.6) is 0 Å². The van der Waals surface area contributed by atoms with Gasteiger partial charge in [-0.05, 0) is 38.8 Å². The predicted octanol–water partition coefficient (Wildman–Crippen LogP) is 5.51. The van der Waals surface area contributed by atoms with Crippen molar-refractivity contribution >= 4 is 17.7 Å². The molecule has 154 valence electrons. The first-order valence-corrected chi connectivity index (χ1v) is 11.3. The number of hydrogen-bond donors (Lipinski definition) is 0. The zero-order valence-corrected chi connectivity index (χ0v) is 18.0. The van der Waals surface area contributed by atoms with Crippen LogP contribution in [0.2, 0.25) is 0 Å². The second kappa shape index (κ2) is 9.95. The molecule has 2 aliphatic heterocycles. The van der Waals surface area contributed by atoms with Gasteiger partial charge >= 0.3 is 5.97 Å². The molecular formula is C23H32O4S. The van der Waals surface area contributed by atoms with Gasteiger partial charge in [0.1, 0.15) is 23.6 Å². The summed E-state index contributed by atoms with van der Waals surface area (Å²) >= 11 is 1.56. The quantitative estimate of drug-likeness (QED) is 0.308. The van der Waals surface area contributed by atoms with Crippen molar-refractivity contribution in [3.05, 3.63) is 42.5 Å². The third kappa shape index (κ3) is 5.85. The number of thioether (sulfide) groups is 1. The summed E-state index contributed by atoms with van der Waals surface area (Å²) in [6, 6.07) is 9.99. The first-order chi connectivity index (χ1) is 13.5. The van der Waals surface area contributed by atoms with Gasteiger partial charge in [0.2, 0.25) is 0 Å². The number of hydrogen-bond acceptors (Lipinski definition) is 5. The minimum Gasteiger partial charge on any atom is -0.459 e. The van der Waals surface area contributed by atoms with Gasteiger partial charge in [-0.3, -0.25) is 4.79 Å². The highest BCUT2D eigenvalue weighted by atomic mass is 32.2. The molecule has 2 saturated heterocycles. The number of unbranched alkanes of at least 4 members (excludes halogenated alkanes) is 4. The van der Waals surface area contributed by atoms with Gasteiger partial charge in [0, 0.05) is 11.3 Å². The molecule has 28 heavy (non-hydrogen) atoms. The SMILES string of the molecule is CCCCCC/C=C/[C@@H]1OC(C)(C)O[C@@H]1[C@H]1CC(Sc2ccccc2)C(=O)O1. The average Bonchev–Trinajstić information content (AvgIpc) is 3.18. The lowest BCUT2D eigenvalue weighted by Gasteiger charge is -2.20. The predicted molar refractivity (Wildman–Crippen MR) is 112 cm³/mol. The van der Waals surface area contributed by atoms with Gasteiger partial charge in [0.25, 0.3) is 0 Å². The Labute approximate surface area is 173 Å². The second-order valence-corrected chi connectivity index (χ2v) is 9.25. The van der Waals surface area contributed by atoms with E-state index in [0.717, 1.165) is 11.3 Å². The maximum absolute atomic E-state index is 12.4. The Morgan fingerprint density at radius 2 is 1.93 bits per heavy atom. The van der Waals surface area contributed by atoms with Gasteiger partial charge in [-0.1, -0.05) is 56.5 Å². The van der Waals surface area contributed by atoms with E-state index < -0.39 is 5.79 Å². The van der Waals surface area contributed by atoms with Crippen LogP contribution < -0.4 is 0 Å². The van der Waals surface area contributed by atoms with Crippen molar-refractivity contribution in [1.82, 2.24) is 0 Å². The molecule has 0 amide bonds. The fourth-order valence-electron chi connectivity index (χ4n) is 3.71. The van der Waals surface area contributed by atoms with Crippen molar-refractivity contribution in [3.63, 3.8) is 0 Å². The average molecular weight is 405 g/mol. The minimum absolute atomic E-state index is 0.158. The highest BCUT2D eigenvalue weighted by molar-refractivity contribution is 8.00. The summed E-state index contributed by atoms with van der Waals surface area (Å²) in [5.41, 5.74) is 0. The molecule has 1 aromatic carbocycles. The number of allylic oxidation sites excluding steroid dienone is 1. The van der Waals surface area contributed by atoms with Crippen molar-refractivity contribution in [2.45, 2.75) is 93.5 Å². The molecule has 0 radical (unpaired) electrons. The van der Waals surface area contributed by atoms with Crippen LogP contribution in [0.1, 0.15) is 59.3 Å². The first-order valence-electron chi connectivity index (χ1n) is 10.4. The molecule has 2 aliphatic rings. The molecule has 4 nitrogen and oxygen atoms in total. The van der Waals surface area contributed by atoms with Crippen molar-refractivity contribution in [3.8, 4) is 0 Å². The molecule has 2 heterocycles. The van der Waals surface area contributed by atoms with Gasteiger partial charge < -0.3 is 14.2 Å². The molecule has 0 aromatic heterocycles. The molecule has 1 unspecified atom stereocenters. The zero-order valence-electron chi connectivity index (χ0n) is 17.1. The normalized spacial score (nSPS) is 29.5. The highest BCUT2D eigenvalue weighted by Gasteiger charge is 2.49. The minimum atomic E-state index is -0.668. The number of esters is 1. The molecule has 1 aromatic rings. The number of carbonyl (C=O) groups excluding carboxylic acids is 1. The van der Waals surface area contributed by atoms with Crippen LogP contribution in [-0.2, 0) is 19.0 Å². The lowest BCUT2D eigenvalue weighted by Crippen LogP contribution is -2.34. The number of rotatable bonds is 9. The third-order valence-corrected chi connectivity index (χ3v) is 6.29. The lowest BCUT2D eigenvalue weighted by atomic mass is 10.0.